The summed E-state index contributed by atoms with van der Waals surface area (Å²) in [6.07, 6.45) is 7.64. The van der Waals surface area contributed by atoms with Gasteiger partial charge in [0, 0.05) is 5.33 Å². The average Bonchev–Trinajstić information content (AvgIpc) is 1.90. The molecule has 0 heterocycles. The average molecular weight is 175 g/mol. The van der Waals surface area contributed by atoms with Gasteiger partial charge in [-0.25, -0.2) is 0 Å². The van der Waals surface area contributed by atoms with Gasteiger partial charge in [-0.2, -0.15) is 0 Å². The van der Waals surface area contributed by atoms with Crippen molar-refractivity contribution < 1.29 is 0 Å². The second kappa shape index (κ2) is 3.49. The summed E-state index contributed by atoms with van der Waals surface area (Å²) >= 11 is 3.46. The van der Waals surface area contributed by atoms with Gasteiger partial charge in [-0.3, -0.25) is 0 Å². The van der Waals surface area contributed by atoms with Crippen LogP contribution in [0.2, 0.25) is 0 Å². The van der Waals surface area contributed by atoms with Crippen molar-refractivity contribution in [2.75, 3.05) is 5.33 Å². The number of rotatable bonds is 1. The van der Waals surface area contributed by atoms with Gasteiger partial charge in [0.25, 0.3) is 0 Å². The maximum absolute atomic E-state index is 3.46. The summed E-state index contributed by atoms with van der Waals surface area (Å²) in [7, 11) is 0. The van der Waals surface area contributed by atoms with Crippen molar-refractivity contribution >= 4 is 15.9 Å². The number of alkyl halides is 1. The lowest BCUT2D eigenvalue weighted by Crippen LogP contribution is -2.04. The highest BCUT2D eigenvalue weighted by molar-refractivity contribution is 9.09. The van der Waals surface area contributed by atoms with Crippen LogP contribution in [0.5, 0.6) is 0 Å². The molecule has 1 rings (SSSR count). The standard InChI is InChI=1S/C7H11Br/c8-6-7-4-2-1-3-5-7/h1H,2-6H2. The second-order valence-electron chi connectivity index (χ2n) is 2.25. The van der Waals surface area contributed by atoms with Crippen LogP contribution in [0.3, 0.4) is 0 Å². The SMILES string of the molecule is BrC[C]1CC[CH]CC1. The zero-order valence-corrected chi connectivity index (χ0v) is 6.58. The van der Waals surface area contributed by atoms with Gasteiger partial charge in [0.1, 0.15) is 0 Å². The van der Waals surface area contributed by atoms with Gasteiger partial charge >= 0.3 is 0 Å². The Morgan fingerprint density at radius 1 is 1.38 bits per heavy atom. The molecule has 0 spiro atoms. The minimum Gasteiger partial charge on any atom is -0.0922 e. The molecule has 0 aliphatic heterocycles. The molecule has 46 valence electrons. The molecule has 0 atom stereocenters. The van der Waals surface area contributed by atoms with Crippen molar-refractivity contribution in [2.24, 2.45) is 0 Å². The highest BCUT2D eigenvalue weighted by Crippen LogP contribution is 2.25. The van der Waals surface area contributed by atoms with Crippen LogP contribution in [0.15, 0.2) is 0 Å². The van der Waals surface area contributed by atoms with E-state index < -0.39 is 0 Å². The van der Waals surface area contributed by atoms with Crippen LogP contribution in [0, 0.1) is 12.3 Å². The molecule has 1 heteroatoms. The predicted octanol–water partition coefficient (Wildman–Crippen LogP) is 2.73. The third-order valence-corrected chi connectivity index (χ3v) is 2.39. The summed E-state index contributed by atoms with van der Waals surface area (Å²) in [6.45, 7) is 0. The first-order valence-corrected chi connectivity index (χ1v) is 4.27. The molecule has 0 nitrogen and oxygen atoms in total. The number of halogens is 1. The third-order valence-electron chi connectivity index (χ3n) is 1.59. The molecular weight excluding hydrogens is 164 g/mol. The molecule has 0 amide bonds. The van der Waals surface area contributed by atoms with Crippen LogP contribution in [-0.4, -0.2) is 5.33 Å². The summed E-state index contributed by atoms with van der Waals surface area (Å²) in [4.78, 5) is 0. The molecule has 0 bridgehead atoms. The fraction of sp³-hybridized carbons (Fsp3) is 0.714. The predicted molar refractivity (Wildman–Crippen MR) is 39.8 cm³/mol. The Kier molecular flexibility index (Phi) is 2.88. The molecule has 1 aliphatic rings. The molecule has 0 N–H and O–H groups in total. The van der Waals surface area contributed by atoms with Crippen LogP contribution >= 0.6 is 15.9 Å². The van der Waals surface area contributed by atoms with E-state index in [0.29, 0.717) is 0 Å². The molecule has 0 aromatic carbocycles. The van der Waals surface area contributed by atoms with Crippen LogP contribution in [0.1, 0.15) is 25.7 Å². The van der Waals surface area contributed by atoms with E-state index in [9.17, 15) is 0 Å². The van der Waals surface area contributed by atoms with Gasteiger partial charge in [0.15, 0.2) is 0 Å². The van der Waals surface area contributed by atoms with Crippen molar-refractivity contribution in [3.63, 3.8) is 0 Å². The van der Waals surface area contributed by atoms with Gasteiger partial charge in [-0.1, -0.05) is 15.9 Å². The largest absolute Gasteiger partial charge is 0.0922 e. The Hall–Kier alpha value is 0.480. The summed E-state index contributed by atoms with van der Waals surface area (Å²) in [6, 6.07) is 0. The Morgan fingerprint density at radius 3 is 2.38 bits per heavy atom. The van der Waals surface area contributed by atoms with Gasteiger partial charge in [-0.05, 0) is 38.0 Å². The van der Waals surface area contributed by atoms with E-state index in [1.807, 2.05) is 0 Å². The summed E-state index contributed by atoms with van der Waals surface area (Å²) < 4.78 is 0. The zero-order valence-electron chi connectivity index (χ0n) is 4.99. The van der Waals surface area contributed by atoms with E-state index in [2.05, 4.69) is 22.4 Å². The first-order chi connectivity index (χ1) is 3.93. The molecular formula is C7H11Br. The van der Waals surface area contributed by atoms with Gasteiger partial charge in [0.05, 0.1) is 0 Å². The van der Waals surface area contributed by atoms with Crippen molar-refractivity contribution in [3.05, 3.63) is 12.3 Å². The van der Waals surface area contributed by atoms with Crippen molar-refractivity contribution in [1.82, 2.24) is 0 Å². The maximum Gasteiger partial charge on any atom is 0.00935 e. The Bertz CT molecular complexity index is 55.4. The molecule has 1 fully saturated rings. The third kappa shape index (κ3) is 1.77. The minimum atomic E-state index is 1.13. The lowest BCUT2D eigenvalue weighted by atomic mass is 9.91. The van der Waals surface area contributed by atoms with E-state index in [-0.39, 0.29) is 0 Å². The molecule has 0 saturated heterocycles. The highest BCUT2D eigenvalue weighted by Gasteiger charge is 2.11. The topological polar surface area (TPSA) is 0 Å². The first kappa shape index (κ1) is 6.60. The molecule has 8 heavy (non-hydrogen) atoms. The molecule has 0 aromatic rings. The second-order valence-corrected chi connectivity index (χ2v) is 2.81. The molecule has 2 radical (unpaired) electrons. The normalized spacial score (nSPS) is 23.6. The minimum absolute atomic E-state index is 1.13. The lowest BCUT2D eigenvalue weighted by molar-refractivity contribution is 0.640. The number of hydrogen-bond donors (Lipinski definition) is 0. The van der Waals surface area contributed by atoms with Crippen LogP contribution < -0.4 is 0 Å². The Balaban J connectivity index is 2.13. The van der Waals surface area contributed by atoms with Gasteiger partial charge < -0.3 is 0 Å². The summed E-state index contributed by atoms with van der Waals surface area (Å²) in [5.41, 5.74) is 0. The van der Waals surface area contributed by atoms with E-state index in [1.54, 1.807) is 5.92 Å². The number of hydrogen-bond acceptors (Lipinski definition) is 0. The fourth-order valence-corrected chi connectivity index (χ4v) is 1.58. The first-order valence-electron chi connectivity index (χ1n) is 3.14. The molecule has 0 aromatic heterocycles. The fourth-order valence-electron chi connectivity index (χ4n) is 1.02. The quantitative estimate of drug-likeness (QED) is 0.537. The van der Waals surface area contributed by atoms with E-state index in [0.717, 1.165) is 5.33 Å². The van der Waals surface area contributed by atoms with Gasteiger partial charge in [-0.15, -0.1) is 0 Å². The van der Waals surface area contributed by atoms with E-state index >= 15 is 0 Å². The maximum atomic E-state index is 3.46. The summed E-state index contributed by atoms with van der Waals surface area (Å²) in [5, 5.41) is 1.13. The van der Waals surface area contributed by atoms with E-state index in [1.165, 1.54) is 25.7 Å². The van der Waals surface area contributed by atoms with Crippen molar-refractivity contribution in [1.29, 1.82) is 0 Å². The molecule has 1 aliphatic carbocycles. The summed E-state index contributed by atoms with van der Waals surface area (Å²) in [5.74, 6) is 1.69. The Morgan fingerprint density at radius 2 is 2.00 bits per heavy atom. The van der Waals surface area contributed by atoms with Crippen LogP contribution in [0.25, 0.3) is 0 Å². The Labute approximate surface area is 59.8 Å². The van der Waals surface area contributed by atoms with E-state index in [4.69, 9.17) is 0 Å². The molecule has 0 unspecified atom stereocenters. The van der Waals surface area contributed by atoms with Crippen molar-refractivity contribution in [3.8, 4) is 0 Å². The van der Waals surface area contributed by atoms with Crippen LogP contribution in [-0.2, 0) is 0 Å². The molecule has 1 saturated carbocycles. The monoisotopic (exact) mass is 174 g/mol. The van der Waals surface area contributed by atoms with Crippen LogP contribution in [0.4, 0.5) is 0 Å². The zero-order chi connectivity index (χ0) is 5.82. The van der Waals surface area contributed by atoms with Gasteiger partial charge in [0.2, 0.25) is 0 Å². The highest BCUT2D eigenvalue weighted by atomic mass is 79.9. The van der Waals surface area contributed by atoms with Crippen molar-refractivity contribution in [2.45, 2.75) is 25.7 Å². The smallest absolute Gasteiger partial charge is 0.00935 e. The lowest BCUT2D eigenvalue weighted by Gasteiger charge is -2.17.